The Labute approximate surface area is 170 Å². The molecule has 0 heterocycles. The van der Waals surface area contributed by atoms with E-state index in [0.717, 1.165) is 11.0 Å². The van der Waals surface area contributed by atoms with Crippen molar-refractivity contribution in [3.05, 3.63) is 45.8 Å². The van der Waals surface area contributed by atoms with Gasteiger partial charge in [0.25, 0.3) is 0 Å². The zero-order valence-electron chi connectivity index (χ0n) is 15.0. The van der Waals surface area contributed by atoms with E-state index in [-0.39, 0.29) is 23.9 Å². The first-order valence-corrected chi connectivity index (χ1v) is 10.9. The predicted molar refractivity (Wildman–Crippen MR) is 109 cm³/mol. The molecule has 2 rings (SSSR count). The number of hydrogen-bond donors (Lipinski definition) is 2. The van der Waals surface area contributed by atoms with Crippen molar-refractivity contribution in [3.8, 4) is 11.8 Å². The molecule has 1 atom stereocenters. The summed E-state index contributed by atoms with van der Waals surface area (Å²) in [5.41, 5.74) is 0.723. The van der Waals surface area contributed by atoms with Gasteiger partial charge in [0.05, 0.1) is 16.1 Å². The summed E-state index contributed by atoms with van der Waals surface area (Å²) in [6.07, 6.45) is 2.50. The van der Waals surface area contributed by atoms with Gasteiger partial charge in [-0.3, -0.25) is 4.79 Å². The number of rotatable bonds is 5. The van der Waals surface area contributed by atoms with E-state index in [4.69, 9.17) is 23.2 Å². The summed E-state index contributed by atoms with van der Waals surface area (Å²) in [5, 5.41) is 4.70. The number of sulfonamides is 1. The molecule has 0 bridgehead atoms. The second kappa shape index (κ2) is 9.61. The van der Waals surface area contributed by atoms with Crippen molar-refractivity contribution in [2.75, 3.05) is 0 Å². The first kappa shape index (κ1) is 21.8. The van der Waals surface area contributed by atoms with Crippen LogP contribution in [0.2, 0.25) is 10.0 Å². The number of carbonyl (C=O) groups excluding carboxylic acids is 1. The zero-order valence-corrected chi connectivity index (χ0v) is 17.3. The summed E-state index contributed by atoms with van der Waals surface area (Å²) in [6.45, 7) is 5.09. The third kappa shape index (κ3) is 6.86. The van der Waals surface area contributed by atoms with Crippen molar-refractivity contribution in [2.45, 2.75) is 44.7 Å². The van der Waals surface area contributed by atoms with Crippen LogP contribution in [-0.4, -0.2) is 26.4 Å². The van der Waals surface area contributed by atoms with Gasteiger partial charge < -0.3 is 5.32 Å². The smallest absolute Gasteiger partial charge is 0.233 e. The summed E-state index contributed by atoms with van der Waals surface area (Å²) in [6, 6.07) is 4.65. The van der Waals surface area contributed by atoms with E-state index in [0.29, 0.717) is 35.7 Å². The molecule has 1 aliphatic rings. The Kier molecular flexibility index (Phi) is 7.75. The van der Waals surface area contributed by atoms with Crippen molar-refractivity contribution in [2.24, 2.45) is 5.92 Å². The molecule has 1 aromatic rings. The van der Waals surface area contributed by atoms with Crippen LogP contribution in [0.3, 0.4) is 0 Å². The number of benzene rings is 1. The van der Waals surface area contributed by atoms with Gasteiger partial charge in [0.15, 0.2) is 0 Å². The molecule has 0 aliphatic heterocycles. The van der Waals surface area contributed by atoms with Crippen LogP contribution in [0, 0.1) is 17.8 Å². The van der Waals surface area contributed by atoms with Gasteiger partial charge in [-0.1, -0.05) is 41.6 Å². The molecule has 1 amide bonds. The fourth-order valence-corrected chi connectivity index (χ4v) is 3.98. The standard InChI is InChI=1S/C19H22Cl2N2O3S/c1-3-27(25,26)23-16-9-7-15(8-10-16)19(24)22-13(2)4-5-14-6-11-17(20)18(21)12-14/h3,6,11-13,15-16,23H,1,7-10H2,2H3,(H,22,24). The van der Waals surface area contributed by atoms with Crippen LogP contribution in [0.25, 0.3) is 0 Å². The number of nitrogens with one attached hydrogen (secondary N) is 2. The summed E-state index contributed by atoms with van der Waals surface area (Å²) >= 11 is 11.8. The molecule has 0 radical (unpaired) electrons. The minimum atomic E-state index is -3.44. The second-order valence-corrected chi connectivity index (χ2v) is 8.98. The number of amides is 1. The Morgan fingerprint density at radius 3 is 2.52 bits per heavy atom. The van der Waals surface area contributed by atoms with Gasteiger partial charge in [-0.2, -0.15) is 0 Å². The van der Waals surface area contributed by atoms with Gasteiger partial charge in [0.2, 0.25) is 15.9 Å². The van der Waals surface area contributed by atoms with E-state index in [1.807, 2.05) is 6.92 Å². The molecule has 0 spiro atoms. The molecule has 5 nitrogen and oxygen atoms in total. The lowest BCUT2D eigenvalue weighted by Gasteiger charge is -2.28. The van der Waals surface area contributed by atoms with Crippen LogP contribution in [-0.2, 0) is 14.8 Å². The van der Waals surface area contributed by atoms with Crippen molar-refractivity contribution in [1.82, 2.24) is 10.0 Å². The zero-order chi connectivity index (χ0) is 20.0. The Hall–Kier alpha value is -1.52. The molecular formula is C19H22Cl2N2O3S. The molecule has 8 heteroatoms. The highest BCUT2D eigenvalue weighted by molar-refractivity contribution is 7.92. The van der Waals surface area contributed by atoms with Crippen LogP contribution in [0.5, 0.6) is 0 Å². The largest absolute Gasteiger partial charge is 0.342 e. The lowest BCUT2D eigenvalue weighted by Crippen LogP contribution is -2.42. The maximum absolute atomic E-state index is 12.4. The van der Waals surface area contributed by atoms with E-state index in [1.165, 1.54) is 0 Å². The highest BCUT2D eigenvalue weighted by Gasteiger charge is 2.28. The molecule has 146 valence electrons. The second-order valence-electron chi connectivity index (χ2n) is 6.51. The first-order chi connectivity index (χ1) is 12.7. The first-order valence-electron chi connectivity index (χ1n) is 8.62. The molecule has 2 N–H and O–H groups in total. The molecule has 1 aromatic carbocycles. The average Bonchev–Trinajstić information content (AvgIpc) is 2.63. The van der Waals surface area contributed by atoms with Crippen molar-refractivity contribution >= 4 is 39.1 Å². The summed E-state index contributed by atoms with van der Waals surface area (Å²) in [5.74, 6) is 5.75. The number of hydrogen-bond acceptors (Lipinski definition) is 3. The molecule has 1 aliphatic carbocycles. The minimum absolute atomic E-state index is 0.0593. The topological polar surface area (TPSA) is 75.3 Å². The minimum Gasteiger partial charge on any atom is -0.342 e. The average molecular weight is 429 g/mol. The van der Waals surface area contributed by atoms with Gasteiger partial charge in [0, 0.05) is 22.9 Å². The third-order valence-electron chi connectivity index (χ3n) is 4.36. The third-order valence-corrected chi connectivity index (χ3v) is 6.20. The van der Waals surface area contributed by atoms with Crippen LogP contribution < -0.4 is 10.0 Å². The molecule has 0 saturated heterocycles. The SMILES string of the molecule is C=CS(=O)(=O)NC1CCC(C(=O)NC(C)C#Cc2ccc(Cl)c(Cl)c2)CC1. The molecule has 1 fully saturated rings. The maximum atomic E-state index is 12.4. The highest BCUT2D eigenvalue weighted by Crippen LogP contribution is 2.25. The predicted octanol–water partition coefficient (Wildman–Crippen LogP) is 3.47. The fourth-order valence-electron chi connectivity index (χ4n) is 2.89. The lowest BCUT2D eigenvalue weighted by atomic mass is 9.86. The van der Waals surface area contributed by atoms with E-state index < -0.39 is 10.0 Å². The Morgan fingerprint density at radius 2 is 1.93 bits per heavy atom. The fraction of sp³-hybridized carbons (Fsp3) is 0.421. The van der Waals surface area contributed by atoms with Crippen molar-refractivity contribution < 1.29 is 13.2 Å². The highest BCUT2D eigenvalue weighted by atomic mass is 35.5. The molecule has 27 heavy (non-hydrogen) atoms. The van der Waals surface area contributed by atoms with Gasteiger partial charge in [-0.05, 0) is 50.8 Å². The van der Waals surface area contributed by atoms with Crippen LogP contribution in [0.4, 0.5) is 0 Å². The maximum Gasteiger partial charge on any atom is 0.233 e. The molecule has 0 aromatic heterocycles. The Morgan fingerprint density at radius 1 is 1.26 bits per heavy atom. The summed E-state index contributed by atoms with van der Waals surface area (Å²) < 4.78 is 25.6. The monoisotopic (exact) mass is 428 g/mol. The lowest BCUT2D eigenvalue weighted by molar-refractivity contribution is -0.126. The Bertz CT molecular complexity index is 867. The van der Waals surface area contributed by atoms with Gasteiger partial charge >= 0.3 is 0 Å². The van der Waals surface area contributed by atoms with E-state index in [2.05, 4.69) is 28.5 Å². The quantitative estimate of drug-likeness (QED) is 0.704. The van der Waals surface area contributed by atoms with Gasteiger partial charge in [-0.15, -0.1) is 0 Å². The van der Waals surface area contributed by atoms with Crippen molar-refractivity contribution in [1.29, 1.82) is 0 Å². The van der Waals surface area contributed by atoms with Crippen LogP contribution >= 0.6 is 23.2 Å². The van der Waals surface area contributed by atoms with Gasteiger partial charge in [-0.25, -0.2) is 13.1 Å². The summed E-state index contributed by atoms with van der Waals surface area (Å²) in [4.78, 5) is 12.4. The van der Waals surface area contributed by atoms with Gasteiger partial charge in [0.1, 0.15) is 0 Å². The molecule has 1 saturated carbocycles. The van der Waals surface area contributed by atoms with E-state index in [1.54, 1.807) is 18.2 Å². The number of halogens is 2. The number of carbonyl (C=O) groups is 1. The summed E-state index contributed by atoms with van der Waals surface area (Å²) in [7, 11) is -3.44. The van der Waals surface area contributed by atoms with Crippen molar-refractivity contribution in [3.63, 3.8) is 0 Å². The van der Waals surface area contributed by atoms with E-state index in [9.17, 15) is 13.2 Å². The van der Waals surface area contributed by atoms with Crippen LogP contribution in [0.1, 0.15) is 38.2 Å². The normalized spacial score (nSPS) is 20.9. The molecule has 1 unspecified atom stereocenters. The van der Waals surface area contributed by atoms with Crippen LogP contribution in [0.15, 0.2) is 30.2 Å². The molecular weight excluding hydrogens is 407 g/mol. The van der Waals surface area contributed by atoms with E-state index >= 15 is 0 Å². The Balaban J connectivity index is 1.84.